The highest BCUT2D eigenvalue weighted by molar-refractivity contribution is 6.30. The first-order chi connectivity index (χ1) is 19.2. The summed E-state index contributed by atoms with van der Waals surface area (Å²) in [7, 11) is 1.60. The van der Waals surface area contributed by atoms with Gasteiger partial charge in [0.2, 0.25) is 17.8 Å². The molecule has 2 heterocycles. The van der Waals surface area contributed by atoms with Crippen molar-refractivity contribution in [2.75, 3.05) is 49.1 Å². The monoisotopic (exact) mass is 545 g/mol. The van der Waals surface area contributed by atoms with Gasteiger partial charge in [-0.25, -0.2) is 5.43 Å². The third-order valence-corrected chi connectivity index (χ3v) is 6.07. The molecule has 1 fully saturated rings. The Labute approximate surface area is 231 Å². The minimum atomic E-state index is 0.316. The van der Waals surface area contributed by atoms with Crippen LogP contribution in [0, 0.1) is 0 Å². The Bertz CT molecular complexity index is 1400. The largest absolute Gasteiger partial charge is 0.493 e. The van der Waals surface area contributed by atoms with Crippen LogP contribution in [0.1, 0.15) is 11.1 Å². The Morgan fingerprint density at radius 3 is 2.49 bits per heavy atom. The molecular weight excluding hydrogens is 518 g/mol. The summed E-state index contributed by atoms with van der Waals surface area (Å²) >= 11 is 5.96. The molecule has 1 aliphatic rings. The van der Waals surface area contributed by atoms with Gasteiger partial charge in [0.05, 0.1) is 26.5 Å². The summed E-state index contributed by atoms with van der Waals surface area (Å²) in [6.07, 6.45) is 1.66. The van der Waals surface area contributed by atoms with Crippen molar-refractivity contribution in [3.63, 3.8) is 0 Å². The van der Waals surface area contributed by atoms with E-state index in [1.807, 2.05) is 72.8 Å². The summed E-state index contributed by atoms with van der Waals surface area (Å²) in [6, 6.07) is 22.8. The second kappa shape index (κ2) is 12.9. The zero-order valence-electron chi connectivity index (χ0n) is 21.4. The van der Waals surface area contributed by atoms with E-state index in [-0.39, 0.29) is 0 Å². The van der Waals surface area contributed by atoms with Crippen LogP contribution in [0.4, 0.5) is 23.5 Å². The molecule has 5 rings (SSSR count). The van der Waals surface area contributed by atoms with E-state index in [0.717, 1.165) is 16.8 Å². The van der Waals surface area contributed by atoms with Gasteiger partial charge in [-0.15, -0.1) is 0 Å². The topological polar surface area (TPSA) is 106 Å². The van der Waals surface area contributed by atoms with Gasteiger partial charge in [0.1, 0.15) is 6.61 Å². The number of halogens is 1. The number of nitrogens with one attached hydrogen (secondary N) is 2. The highest BCUT2D eigenvalue weighted by Gasteiger charge is 2.17. The quantitative estimate of drug-likeness (QED) is 0.207. The van der Waals surface area contributed by atoms with Gasteiger partial charge in [0.15, 0.2) is 11.5 Å². The van der Waals surface area contributed by atoms with Gasteiger partial charge >= 0.3 is 0 Å². The molecule has 0 amide bonds. The van der Waals surface area contributed by atoms with Crippen molar-refractivity contribution in [3.05, 3.63) is 88.9 Å². The van der Waals surface area contributed by atoms with E-state index in [2.05, 4.69) is 35.7 Å². The molecule has 1 aliphatic heterocycles. The Morgan fingerprint density at radius 1 is 0.949 bits per heavy atom. The molecule has 3 aromatic carbocycles. The van der Waals surface area contributed by atoms with Crippen molar-refractivity contribution >= 4 is 41.3 Å². The lowest BCUT2D eigenvalue weighted by molar-refractivity contribution is 0.122. The molecule has 0 spiro atoms. The van der Waals surface area contributed by atoms with Crippen LogP contribution in [-0.4, -0.2) is 54.6 Å². The number of rotatable bonds is 10. The molecule has 0 atom stereocenters. The first-order valence-corrected chi connectivity index (χ1v) is 12.8. The predicted octanol–water partition coefficient (Wildman–Crippen LogP) is 5.14. The van der Waals surface area contributed by atoms with Gasteiger partial charge < -0.3 is 24.4 Å². The van der Waals surface area contributed by atoms with Gasteiger partial charge in [-0.2, -0.15) is 20.1 Å². The maximum absolute atomic E-state index is 5.96. The highest BCUT2D eigenvalue weighted by atomic mass is 35.5. The fourth-order valence-electron chi connectivity index (χ4n) is 3.82. The van der Waals surface area contributed by atoms with Crippen LogP contribution >= 0.6 is 11.6 Å². The summed E-state index contributed by atoms with van der Waals surface area (Å²) < 4.78 is 16.9. The van der Waals surface area contributed by atoms with E-state index >= 15 is 0 Å². The molecule has 11 heteroatoms. The maximum atomic E-state index is 5.96. The maximum Gasteiger partial charge on any atom is 0.250 e. The van der Waals surface area contributed by atoms with E-state index in [9.17, 15) is 0 Å². The SMILES string of the molecule is COc1cc(/C=N\Nc2nc(Nc3ccccc3)nc(N3CCOCC3)n2)ccc1OCc1ccc(Cl)cc1. The van der Waals surface area contributed by atoms with Crippen LogP contribution in [0.5, 0.6) is 11.5 Å². The minimum absolute atomic E-state index is 0.316. The van der Waals surface area contributed by atoms with Crippen LogP contribution in [0.2, 0.25) is 5.02 Å². The van der Waals surface area contributed by atoms with E-state index in [4.69, 9.17) is 25.8 Å². The third-order valence-electron chi connectivity index (χ3n) is 5.82. The normalized spacial score (nSPS) is 13.3. The summed E-state index contributed by atoms with van der Waals surface area (Å²) in [4.78, 5) is 15.7. The van der Waals surface area contributed by atoms with Crippen molar-refractivity contribution < 1.29 is 14.2 Å². The number of benzene rings is 3. The lowest BCUT2D eigenvalue weighted by atomic mass is 10.2. The van der Waals surface area contributed by atoms with E-state index < -0.39 is 0 Å². The highest BCUT2D eigenvalue weighted by Crippen LogP contribution is 2.28. The van der Waals surface area contributed by atoms with Gasteiger partial charge in [-0.05, 0) is 53.6 Å². The minimum Gasteiger partial charge on any atom is -0.493 e. The Balaban J connectivity index is 1.28. The lowest BCUT2D eigenvalue weighted by Crippen LogP contribution is -2.37. The van der Waals surface area contributed by atoms with E-state index in [1.54, 1.807) is 13.3 Å². The van der Waals surface area contributed by atoms with Crippen molar-refractivity contribution in [1.29, 1.82) is 0 Å². The molecule has 0 saturated carbocycles. The van der Waals surface area contributed by atoms with Crippen LogP contribution < -0.4 is 25.1 Å². The first kappa shape index (κ1) is 26.2. The number of para-hydroxylation sites is 1. The fraction of sp³-hybridized carbons (Fsp3) is 0.214. The van der Waals surface area contributed by atoms with Crippen molar-refractivity contribution in [2.24, 2.45) is 5.10 Å². The van der Waals surface area contributed by atoms with E-state index in [0.29, 0.717) is 67.3 Å². The second-order valence-corrected chi connectivity index (χ2v) is 9.00. The number of aromatic nitrogens is 3. The molecular formula is C28H28ClN7O3. The van der Waals surface area contributed by atoms with Crippen LogP contribution in [0.25, 0.3) is 0 Å². The van der Waals surface area contributed by atoms with Crippen LogP contribution in [0.3, 0.4) is 0 Å². The number of hydrogen-bond donors (Lipinski definition) is 2. The van der Waals surface area contributed by atoms with Crippen molar-refractivity contribution in [2.45, 2.75) is 6.61 Å². The Morgan fingerprint density at radius 2 is 1.72 bits per heavy atom. The fourth-order valence-corrected chi connectivity index (χ4v) is 3.94. The molecule has 10 nitrogen and oxygen atoms in total. The Hall–Kier alpha value is -4.41. The predicted molar refractivity (Wildman–Crippen MR) is 153 cm³/mol. The van der Waals surface area contributed by atoms with Crippen molar-refractivity contribution in [3.8, 4) is 11.5 Å². The van der Waals surface area contributed by atoms with Gasteiger partial charge in [0, 0.05) is 23.8 Å². The average Bonchev–Trinajstić information content (AvgIpc) is 2.98. The number of hydrogen-bond acceptors (Lipinski definition) is 10. The first-order valence-electron chi connectivity index (χ1n) is 12.4. The number of nitrogens with zero attached hydrogens (tertiary/aromatic N) is 5. The molecule has 0 unspecified atom stereocenters. The number of methoxy groups -OCH3 is 1. The molecule has 200 valence electrons. The zero-order chi connectivity index (χ0) is 26.9. The summed E-state index contributed by atoms with van der Waals surface area (Å²) in [5.74, 6) is 2.50. The summed E-state index contributed by atoms with van der Waals surface area (Å²) in [5.41, 5.74) is 5.61. The number of morpholine rings is 1. The molecule has 1 aromatic heterocycles. The lowest BCUT2D eigenvalue weighted by Gasteiger charge is -2.27. The van der Waals surface area contributed by atoms with Gasteiger partial charge in [-0.1, -0.05) is 41.9 Å². The third kappa shape index (κ3) is 7.34. The smallest absolute Gasteiger partial charge is 0.250 e. The molecule has 4 aromatic rings. The molecule has 1 saturated heterocycles. The number of ether oxygens (including phenoxy) is 3. The standard InChI is InChI=1S/C28H28ClN7O3/c1-37-25-17-21(9-12-24(25)39-19-20-7-10-22(29)11-8-20)18-30-35-27-32-26(31-23-5-3-2-4-6-23)33-28(34-27)36-13-15-38-16-14-36/h2-12,17-18H,13-16,19H2,1H3,(H2,31,32,33,34,35)/b30-18-. The van der Waals surface area contributed by atoms with Crippen molar-refractivity contribution in [1.82, 2.24) is 15.0 Å². The van der Waals surface area contributed by atoms with E-state index in [1.165, 1.54) is 0 Å². The molecule has 0 bridgehead atoms. The second-order valence-electron chi connectivity index (χ2n) is 8.57. The molecule has 39 heavy (non-hydrogen) atoms. The molecule has 2 N–H and O–H groups in total. The van der Waals surface area contributed by atoms with Crippen LogP contribution in [-0.2, 0) is 11.3 Å². The summed E-state index contributed by atoms with van der Waals surface area (Å²) in [6.45, 7) is 3.03. The Kier molecular flexibility index (Phi) is 8.67. The molecule has 0 radical (unpaired) electrons. The molecule has 0 aliphatic carbocycles. The number of hydrazone groups is 1. The zero-order valence-corrected chi connectivity index (χ0v) is 22.1. The number of anilines is 4. The van der Waals surface area contributed by atoms with Gasteiger partial charge in [0.25, 0.3) is 0 Å². The summed E-state index contributed by atoms with van der Waals surface area (Å²) in [5, 5.41) is 8.26. The van der Waals surface area contributed by atoms with Crippen LogP contribution in [0.15, 0.2) is 77.9 Å². The van der Waals surface area contributed by atoms with Gasteiger partial charge in [-0.3, -0.25) is 0 Å². The average molecular weight is 546 g/mol.